The van der Waals surface area contributed by atoms with Crippen LogP contribution in [0.3, 0.4) is 0 Å². The maximum absolute atomic E-state index is 11.6. The number of carbonyl (C=O) groups excluding carboxylic acids is 1. The van der Waals surface area contributed by atoms with Crippen molar-refractivity contribution in [3.8, 4) is 0 Å². The molecule has 0 radical (unpaired) electrons. The molecule has 3 heteroatoms. The van der Waals surface area contributed by atoms with Crippen molar-refractivity contribution >= 4 is 5.91 Å². The average molecular weight is 248 g/mol. The van der Waals surface area contributed by atoms with Gasteiger partial charge < -0.3 is 11.1 Å². The number of nitrogens with one attached hydrogen (secondary N) is 1. The predicted octanol–water partition coefficient (Wildman–Crippen LogP) is 2.04. The summed E-state index contributed by atoms with van der Waals surface area (Å²) in [5, 5.41) is 2.90. The fraction of sp³-hybridized carbons (Fsp3) is 0.533. The highest BCUT2D eigenvalue weighted by atomic mass is 16.1. The topological polar surface area (TPSA) is 55.1 Å². The van der Waals surface area contributed by atoms with Gasteiger partial charge in [-0.3, -0.25) is 4.79 Å². The third kappa shape index (κ3) is 5.82. The molecule has 18 heavy (non-hydrogen) atoms. The summed E-state index contributed by atoms with van der Waals surface area (Å²) in [6.07, 6.45) is 2.28. The lowest BCUT2D eigenvalue weighted by Gasteiger charge is -2.17. The minimum atomic E-state index is -0.438. The van der Waals surface area contributed by atoms with Crippen LogP contribution in [0.5, 0.6) is 0 Å². The summed E-state index contributed by atoms with van der Waals surface area (Å²) in [5.74, 6) is 0.0210. The van der Waals surface area contributed by atoms with E-state index >= 15 is 0 Å². The molecule has 0 saturated heterocycles. The molecule has 0 aliphatic carbocycles. The third-order valence-electron chi connectivity index (χ3n) is 2.78. The number of carbonyl (C=O) groups is 1. The Kier molecular flexibility index (Phi) is 5.35. The monoisotopic (exact) mass is 248 g/mol. The normalized spacial score (nSPS) is 11.3. The molecule has 0 spiro atoms. The summed E-state index contributed by atoms with van der Waals surface area (Å²) in [6, 6.07) is 8.52. The molecule has 0 heterocycles. The maximum Gasteiger partial charge on any atom is 0.221 e. The van der Waals surface area contributed by atoms with E-state index in [4.69, 9.17) is 5.73 Å². The molecule has 1 rings (SSSR count). The standard InChI is InChI=1S/C15H24N2O/c1-4-12-5-7-13(8-6-12)9-10-17-14(18)11-15(2,3)16/h5-8H,4,9-11,16H2,1-3H3,(H,17,18). The van der Waals surface area contributed by atoms with Crippen molar-refractivity contribution in [2.75, 3.05) is 6.54 Å². The summed E-state index contributed by atoms with van der Waals surface area (Å²) < 4.78 is 0. The third-order valence-corrected chi connectivity index (χ3v) is 2.78. The number of benzene rings is 1. The molecule has 0 fully saturated rings. The van der Waals surface area contributed by atoms with Gasteiger partial charge in [-0.1, -0.05) is 31.2 Å². The fourth-order valence-corrected chi connectivity index (χ4v) is 1.76. The van der Waals surface area contributed by atoms with Crippen molar-refractivity contribution in [3.63, 3.8) is 0 Å². The lowest BCUT2D eigenvalue weighted by Crippen LogP contribution is -2.39. The zero-order valence-electron chi connectivity index (χ0n) is 11.6. The lowest BCUT2D eigenvalue weighted by molar-refractivity contribution is -0.121. The smallest absolute Gasteiger partial charge is 0.221 e. The van der Waals surface area contributed by atoms with Gasteiger partial charge in [0.25, 0.3) is 0 Å². The molecule has 0 saturated carbocycles. The maximum atomic E-state index is 11.6. The van der Waals surface area contributed by atoms with Gasteiger partial charge in [0.1, 0.15) is 0 Å². The molecule has 0 bridgehead atoms. The molecule has 1 aromatic rings. The van der Waals surface area contributed by atoms with Gasteiger partial charge >= 0.3 is 0 Å². The van der Waals surface area contributed by atoms with Gasteiger partial charge in [0.05, 0.1) is 0 Å². The number of aryl methyl sites for hydroxylation is 1. The zero-order chi connectivity index (χ0) is 13.6. The second kappa shape index (κ2) is 6.55. The van der Waals surface area contributed by atoms with Crippen LogP contribution in [0.1, 0.15) is 38.3 Å². The van der Waals surface area contributed by atoms with Gasteiger partial charge in [0.2, 0.25) is 5.91 Å². The summed E-state index contributed by atoms with van der Waals surface area (Å²) in [5.41, 5.74) is 7.94. The Hall–Kier alpha value is -1.35. The summed E-state index contributed by atoms with van der Waals surface area (Å²) in [6.45, 7) is 6.52. The Bertz CT molecular complexity index is 376. The second-order valence-electron chi connectivity index (χ2n) is 5.44. The van der Waals surface area contributed by atoms with Crippen LogP contribution in [0.25, 0.3) is 0 Å². The summed E-state index contributed by atoms with van der Waals surface area (Å²) >= 11 is 0. The van der Waals surface area contributed by atoms with Gasteiger partial charge in [0, 0.05) is 18.5 Å². The first-order chi connectivity index (χ1) is 8.40. The lowest BCUT2D eigenvalue weighted by atomic mass is 10.0. The quantitative estimate of drug-likeness (QED) is 0.809. The van der Waals surface area contributed by atoms with E-state index in [0.717, 1.165) is 12.8 Å². The largest absolute Gasteiger partial charge is 0.356 e. The molecule has 3 nitrogen and oxygen atoms in total. The molecule has 3 N–H and O–H groups in total. The first-order valence-electron chi connectivity index (χ1n) is 6.54. The first-order valence-corrected chi connectivity index (χ1v) is 6.54. The molecule has 0 aliphatic heterocycles. The van der Waals surface area contributed by atoms with Gasteiger partial charge in [-0.15, -0.1) is 0 Å². The van der Waals surface area contributed by atoms with Crippen molar-refractivity contribution in [1.82, 2.24) is 5.32 Å². The zero-order valence-corrected chi connectivity index (χ0v) is 11.6. The van der Waals surface area contributed by atoms with E-state index in [1.807, 2.05) is 13.8 Å². The number of amides is 1. The second-order valence-corrected chi connectivity index (χ2v) is 5.44. The van der Waals surface area contributed by atoms with E-state index in [2.05, 4.69) is 36.5 Å². The SMILES string of the molecule is CCc1ccc(CCNC(=O)CC(C)(C)N)cc1. The van der Waals surface area contributed by atoms with Crippen LogP contribution in [-0.2, 0) is 17.6 Å². The first kappa shape index (κ1) is 14.7. The summed E-state index contributed by atoms with van der Waals surface area (Å²) in [7, 11) is 0. The minimum Gasteiger partial charge on any atom is -0.356 e. The number of hydrogen-bond donors (Lipinski definition) is 2. The molecule has 1 amide bonds. The van der Waals surface area contributed by atoms with Gasteiger partial charge in [-0.2, -0.15) is 0 Å². The van der Waals surface area contributed by atoms with E-state index in [1.165, 1.54) is 11.1 Å². The molecule has 100 valence electrons. The summed E-state index contributed by atoms with van der Waals surface area (Å²) in [4.78, 5) is 11.6. The molecule has 0 aromatic heterocycles. The van der Waals surface area contributed by atoms with Crippen LogP contribution >= 0.6 is 0 Å². The highest BCUT2D eigenvalue weighted by Gasteiger charge is 2.15. The Morgan fingerprint density at radius 1 is 1.22 bits per heavy atom. The van der Waals surface area contributed by atoms with Crippen LogP contribution in [0.15, 0.2) is 24.3 Å². The van der Waals surface area contributed by atoms with Gasteiger partial charge in [-0.05, 0) is 37.8 Å². The Morgan fingerprint density at radius 3 is 2.28 bits per heavy atom. The van der Waals surface area contributed by atoms with Crippen molar-refractivity contribution < 1.29 is 4.79 Å². The van der Waals surface area contributed by atoms with E-state index < -0.39 is 5.54 Å². The van der Waals surface area contributed by atoms with Crippen LogP contribution in [0.4, 0.5) is 0 Å². The number of rotatable bonds is 6. The Labute approximate surface area is 110 Å². The number of hydrogen-bond acceptors (Lipinski definition) is 2. The van der Waals surface area contributed by atoms with Gasteiger partial charge in [0.15, 0.2) is 0 Å². The number of nitrogens with two attached hydrogens (primary N) is 1. The Morgan fingerprint density at radius 2 is 1.78 bits per heavy atom. The Balaban J connectivity index is 2.30. The molecule has 0 aliphatic rings. The molecular formula is C15H24N2O. The van der Waals surface area contributed by atoms with Crippen LogP contribution in [-0.4, -0.2) is 18.0 Å². The molecule has 1 aromatic carbocycles. The fourth-order valence-electron chi connectivity index (χ4n) is 1.76. The predicted molar refractivity (Wildman–Crippen MR) is 75.4 cm³/mol. The van der Waals surface area contributed by atoms with E-state index in [9.17, 15) is 4.79 Å². The van der Waals surface area contributed by atoms with E-state index in [1.54, 1.807) is 0 Å². The van der Waals surface area contributed by atoms with Crippen LogP contribution in [0.2, 0.25) is 0 Å². The average Bonchev–Trinajstić information content (AvgIpc) is 2.27. The van der Waals surface area contributed by atoms with E-state index in [-0.39, 0.29) is 5.91 Å². The van der Waals surface area contributed by atoms with Crippen molar-refractivity contribution in [2.24, 2.45) is 5.73 Å². The van der Waals surface area contributed by atoms with E-state index in [0.29, 0.717) is 13.0 Å². The minimum absolute atomic E-state index is 0.0210. The molecular weight excluding hydrogens is 224 g/mol. The van der Waals surface area contributed by atoms with Crippen molar-refractivity contribution in [1.29, 1.82) is 0 Å². The van der Waals surface area contributed by atoms with Crippen molar-refractivity contribution in [2.45, 2.75) is 45.6 Å². The van der Waals surface area contributed by atoms with Gasteiger partial charge in [-0.25, -0.2) is 0 Å². The molecule has 0 atom stereocenters. The highest BCUT2D eigenvalue weighted by molar-refractivity contribution is 5.77. The molecule has 0 unspecified atom stereocenters. The highest BCUT2D eigenvalue weighted by Crippen LogP contribution is 2.06. The van der Waals surface area contributed by atoms with Crippen molar-refractivity contribution in [3.05, 3.63) is 35.4 Å². The van der Waals surface area contributed by atoms with Crippen LogP contribution in [0, 0.1) is 0 Å². The van der Waals surface area contributed by atoms with Crippen LogP contribution < -0.4 is 11.1 Å².